The molecule has 0 aliphatic heterocycles. The molecule has 4 aromatic heterocycles. The van der Waals surface area contributed by atoms with Gasteiger partial charge in [0.1, 0.15) is 16.9 Å². The number of rotatable bonds is 5. The topological polar surface area (TPSA) is 90.0 Å². The molecular formula is C23H18N4O3S2. The van der Waals surface area contributed by atoms with E-state index in [9.17, 15) is 9.59 Å². The minimum Gasteiger partial charge on any atom is -0.440 e. The van der Waals surface area contributed by atoms with E-state index >= 15 is 0 Å². The standard InChI is InChI=1S/C23H18N4O3S2/c1-13-16(25-21(30-13)17-9-6-10-31-17)11-18(28)26-27-12-24-22-20(23(27)29)19(14(2)32-22)15-7-4-3-5-8-15/h3-10,12H,11H2,1-2H3,(H,26,28). The lowest BCUT2D eigenvalue weighted by atomic mass is 10.0. The molecule has 0 atom stereocenters. The summed E-state index contributed by atoms with van der Waals surface area (Å²) in [4.78, 5) is 37.3. The van der Waals surface area contributed by atoms with Crippen molar-refractivity contribution in [2.45, 2.75) is 20.3 Å². The van der Waals surface area contributed by atoms with E-state index in [2.05, 4.69) is 15.4 Å². The first-order valence-electron chi connectivity index (χ1n) is 9.87. The Hall–Kier alpha value is -3.56. The van der Waals surface area contributed by atoms with E-state index < -0.39 is 0 Å². The van der Waals surface area contributed by atoms with Crippen LogP contribution in [0.2, 0.25) is 0 Å². The van der Waals surface area contributed by atoms with Crippen molar-refractivity contribution in [3.8, 4) is 21.9 Å². The van der Waals surface area contributed by atoms with E-state index in [1.807, 2.05) is 54.8 Å². The zero-order valence-corrected chi connectivity index (χ0v) is 18.9. The zero-order chi connectivity index (χ0) is 22.2. The summed E-state index contributed by atoms with van der Waals surface area (Å²) in [6.45, 7) is 3.74. The lowest BCUT2D eigenvalue weighted by Crippen LogP contribution is -2.34. The summed E-state index contributed by atoms with van der Waals surface area (Å²) >= 11 is 2.98. The van der Waals surface area contributed by atoms with Gasteiger partial charge in [0.05, 0.1) is 22.4 Å². The molecule has 7 nitrogen and oxygen atoms in total. The van der Waals surface area contributed by atoms with E-state index in [4.69, 9.17) is 4.42 Å². The molecule has 1 amide bonds. The number of carbonyl (C=O) groups is 1. The van der Waals surface area contributed by atoms with E-state index in [1.165, 1.54) is 29.0 Å². The minimum atomic E-state index is -0.379. The molecule has 32 heavy (non-hydrogen) atoms. The van der Waals surface area contributed by atoms with Gasteiger partial charge in [-0.2, -0.15) is 0 Å². The molecule has 0 spiro atoms. The number of amides is 1. The number of nitrogens with zero attached hydrogens (tertiary/aromatic N) is 3. The van der Waals surface area contributed by atoms with E-state index in [0.29, 0.717) is 27.6 Å². The van der Waals surface area contributed by atoms with Gasteiger partial charge < -0.3 is 4.42 Å². The van der Waals surface area contributed by atoms with Gasteiger partial charge in [0, 0.05) is 10.4 Å². The van der Waals surface area contributed by atoms with Crippen molar-refractivity contribution in [2.24, 2.45) is 0 Å². The Morgan fingerprint density at radius 1 is 1.16 bits per heavy atom. The lowest BCUT2D eigenvalue weighted by molar-refractivity contribution is -0.116. The number of hydrogen-bond donors (Lipinski definition) is 1. The summed E-state index contributed by atoms with van der Waals surface area (Å²) in [5.41, 5.74) is 4.64. The number of thiophene rings is 2. The van der Waals surface area contributed by atoms with Crippen LogP contribution in [0.4, 0.5) is 0 Å². The molecule has 0 bridgehead atoms. The second-order valence-electron chi connectivity index (χ2n) is 7.21. The Balaban J connectivity index is 1.44. The molecule has 0 fully saturated rings. The summed E-state index contributed by atoms with van der Waals surface area (Å²) in [7, 11) is 0. The quantitative estimate of drug-likeness (QED) is 0.406. The van der Waals surface area contributed by atoms with Gasteiger partial charge in [-0.1, -0.05) is 36.4 Å². The molecular weight excluding hydrogens is 444 g/mol. The van der Waals surface area contributed by atoms with Crippen molar-refractivity contribution < 1.29 is 9.21 Å². The second kappa shape index (κ2) is 8.18. The van der Waals surface area contributed by atoms with Crippen molar-refractivity contribution in [2.75, 3.05) is 5.43 Å². The highest BCUT2D eigenvalue weighted by Crippen LogP contribution is 2.35. The van der Waals surface area contributed by atoms with Crippen LogP contribution in [0, 0.1) is 13.8 Å². The fourth-order valence-corrected chi connectivity index (χ4v) is 5.21. The van der Waals surface area contributed by atoms with Crippen LogP contribution in [-0.2, 0) is 11.2 Å². The zero-order valence-electron chi connectivity index (χ0n) is 17.3. The average molecular weight is 463 g/mol. The predicted molar refractivity (Wildman–Crippen MR) is 127 cm³/mol. The monoisotopic (exact) mass is 462 g/mol. The molecule has 1 aromatic carbocycles. The van der Waals surface area contributed by atoms with E-state index in [1.54, 1.807) is 6.92 Å². The first-order valence-corrected chi connectivity index (χ1v) is 11.6. The van der Waals surface area contributed by atoms with Gasteiger partial charge in [-0.25, -0.2) is 14.6 Å². The van der Waals surface area contributed by atoms with Crippen molar-refractivity contribution in [3.05, 3.63) is 80.9 Å². The highest BCUT2D eigenvalue weighted by atomic mass is 32.1. The lowest BCUT2D eigenvalue weighted by Gasteiger charge is -2.08. The summed E-state index contributed by atoms with van der Waals surface area (Å²) in [6, 6.07) is 13.5. The van der Waals surface area contributed by atoms with Crippen LogP contribution in [-0.4, -0.2) is 20.6 Å². The molecule has 0 aliphatic rings. The predicted octanol–water partition coefficient (Wildman–Crippen LogP) is 4.77. The molecule has 160 valence electrons. The SMILES string of the molecule is Cc1oc(-c2cccs2)nc1CC(=O)Nn1cnc2sc(C)c(-c3ccccc3)c2c1=O. The highest BCUT2D eigenvalue weighted by molar-refractivity contribution is 7.19. The van der Waals surface area contributed by atoms with Gasteiger partial charge >= 0.3 is 0 Å². The van der Waals surface area contributed by atoms with E-state index in [-0.39, 0.29) is 17.9 Å². The van der Waals surface area contributed by atoms with Crippen LogP contribution in [0.3, 0.4) is 0 Å². The summed E-state index contributed by atoms with van der Waals surface area (Å²) in [5.74, 6) is 0.682. The van der Waals surface area contributed by atoms with Crippen molar-refractivity contribution in [1.29, 1.82) is 0 Å². The molecule has 5 rings (SSSR count). The Labute approximate surface area is 191 Å². The smallest absolute Gasteiger partial charge is 0.281 e. The molecule has 0 radical (unpaired) electrons. The fraction of sp³-hybridized carbons (Fsp3) is 0.130. The van der Waals surface area contributed by atoms with Crippen LogP contribution in [0.15, 0.2) is 63.4 Å². The van der Waals surface area contributed by atoms with Crippen LogP contribution in [0.25, 0.3) is 32.1 Å². The maximum Gasteiger partial charge on any atom is 0.281 e. The molecule has 5 aromatic rings. The number of oxazole rings is 1. The second-order valence-corrected chi connectivity index (χ2v) is 9.36. The number of aromatic nitrogens is 3. The molecule has 0 saturated heterocycles. The van der Waals surface area contributed by atoms with Crippen molar-refractivity contribution in [1.82, 2.24) is 14.6 Å². The Kier molecular flexibility index (Phi) is 5.20. The normalized spacial score (nSPS) is 11.2. The van der Waals surface area contributed by atoms with Crippen LogP contribution >= 0.6 is 22.7 Å². The Bertz CT molecular complexity index is 1480. The Morgan fingerprint density at radius 3 is 2.72 bits per heavy atom. The summed E-state index contributed by atoms with van der Waals surface area (Å²) in [6.07, 6.45) is 1.33. The van der Waals surface area contributed by atoms with E-state index in [0.717, 1.165) is 25.6 Å². The number of aryl methyl sites for hydroxylation is 2. The summed E-state index contributed by atoms with van der Waals surface area (Å²) < 4.78 is 6.84. The minimum absolute atomic E-state index is 0.0145. The fourth-order valence-electron chi connectivity index (χ4n) is 3.56. The van der Waals surface area contributed by atoms with Crippen LogP contribution in [0.1, 0.15) is 16.3 Å². The van der Waals surface area contributed by atoms with Crippen LogP contribution < -0.4 is 11.0 Å². The molecule has 0 saturated carbocycles. The number of benzene rings is 1. The molecule has 0 aliphatic carbocycles. The first kappa shape index (κ1) is 20.3. The third-order valence-corrected chi connectivity index (χ3v) is 6.92. The van der Waals surface area contributed by atoms with Gasteiger partial charge in [-0.15, -0.1) is 22.7 Å². The Morgan fingerprint density at radius 2 is 1.97 bits per heavy atom. The maximum atomic E-state index is 13.2. The van der Waals surface area contributed by atoms with Gasteiger partial charge in [-0.05, 0) is 30.9 Å². The average Bonchev–Trinajstić information content (AvgIpc) is 3.50. The number of fused-ring (bicyclic) bond motifs is 1. The van der Waals surface area contributed by atoms with Crippen molar-refractivity contribution >= 4 is 38.8 Å². The van der Waals surface area contributed by atoms with Crippen LogP contribution in [0.5, 0.6) is 0 Å². The third kappa shape index (κ3) is 3.65. The van der Waals surface area contributed by atoms with Crippen molar-refractivity contribution in [3.63, 3.8) is 0 Å². The largest absolute Gasteiger partial charge is 0.440 e. The first-order chi connectivity index (χ1) is 15.5. The third-order valence-electron chi connectivity index (χ3n) is 5.05. The molecule has 4 heterocycles. The molecule has 0 unspecified atom stereocenters. The van der Waals surface area contributed by atoms with Gasteiger partial charge in [0.15, 0.2) is 0 Å². The number of carbonyl (C=O) groups excluding carboxylic acids is 1. The van der Waals surface area contributed by atoms with Gasteiger partial charge in [-0.3, -0.25) is 15.0 Å². The molecule has 9 heteroatoms. The maximum absolute atomic E-state index is 13.2. The molecule has 1 N–H and O–H groups in total. The number of nitrogens with one attached hydrogen (secondary N) is 1. The van der Waals surface area contributed by atoms with Gasteiger partial charge in [0.2, 0.25) is 11.8 Å². The number of hydrogen-bond acceptors (Lipinski definition) is 7. The van der Waals surface area contributed by atoms with Gasteiger partial charge in [0.25, 0.3) is 5.56 Å². The highest BCUT2D eigenvalue weighted by Gasteiger charge is 2.19. The summed E-state index contributed by atoms with van der Waals surface area (Å²) in [5, 5.41) is 2.44.